The Balaban J connectivity index is 2.30. The summed E-state index contributed by atoms with van der Waals surface area (Å²) in [5, 5.41) is 23.1. The van der Waals surface area contributed by atoms with Crippen LogP contribution in [0, 0.1) is 0 Å². The lowest BCUT2D eigenvalue weighted by molar-refractivity contribution is -0.284. The van der Waals surface area contributed by atoms with Gasteiger partial charge in [0.05, 0.1) is 7.11 Å². The zero-order valence-corrected chi connectivity index (χ0v) is 24.8. The van der Waals surface area contributed by atoms with Crippen molar-refractivity contribution in [2.45, 2.75) is 113 Å². The molecule has 0 bridgehead atoms. The molecule has 202 valence electrons. The molecule has 0 amide bonds. The van der Waals surface area contributed by atoms with E-state index in [2.05, 4.69) is 20.8 Å². The molecule has 2 heterocycles. The fraction of sp³-hybridized carbons (Fsp3) is 0.913. The molecule has 10 nitrogen and oxygen atoms in total. The molecule has 2 saturated heterocycles. The molecule has 0 radical (unpaired) electrons. The monoisotopic (exact) mass is 534 g/mol. The molecular weight excluding hydrogens is 492 g/mol. The predicted octanol–water partition coefficient (Wildman–Crippen LogP) is 2.08. The van der Waals surface area contributed by atoms with Crippen LogP contribution in [0.15, 0.2) is 0 Å². The van der Waals surface area contributed by atoms with E-state index in [9.17, 15) is 19.8 Å². The van der Waals surface area contributed by atoms with Gasteiger partial charge >= 0.3 is 11.9 Å². The highest BCUT2D eigenvalue weighted by Crippen LogP contribution is 2.59. The third-order valence-electron chi connectivity index (χ3n) is 8.89. The third-order valence-corrected chi connectivity index (χ3v) is 17.8. The fourth-order valence-corrected chi connectivity index (χ4v) is 7.24. The van der Waals surface area contributed by atoms with Crippen LogP contribution >= 0.6 is 0 Å². The zero-order chi connectivity index (χ0) is 27.0. The molecule has 2 aliphatic heterocycles. The maximum absolute atomic E-state index is 13.3. The first-order chi connectivity index (χ1) is 15.7. The number of aliphatic hydroxyl groups is 2. The van der Waals surface area contributed by atoms with Gasteiger partial charge in [0.15, 0.2) is 22.2 Å². The molecule has 0 unspecified atom stereocenters. The van der Waals surface area contributed by atoms with Crippen molar-refractivity contribution in [3.63, 3.8) is 0 Å². The molecule has 0 spiro atoms. The number of carbonyl (C=O) groups excluding carboxylic acids is 2. The van der Waals surface area contributed by atoms with Crippen LogP contribution in [-0.2, 0) is 37.4 Å². The van der Waals surface area contributed by atoms with Crippen LogP contribution in [0.1, 0.15) is 41.5 Å². The molecule has 2 N–H and O–H groups in total. The Labute approximate surface area is 209 Å². The number of aliphatic hydroxyl groups excluding tert-OH is 1. The van der Waals surface area contributed by atoms with E-state index in [4.69, 9.17) is 27.8 Å². The van der Waals surface area contributed by atoms with E-state index >= 15 is 0 Å². The van der Waals surface area contributed by atoms with Crippen LogP contribution in [0.2, 0.25) is 36.3 Å². The van der Waals surface area contributed by atoms with E-state index in [1.807, 2.05) is 47.0 Å². The zero-order valence-electron chi connectivity index (χ0n) is 22.8. The lowest BCUT2D eigenvalue weighted by Crippen LogP contribution is -2.86. The van der Waals surface area contributed by atoms with Crippen LogP contribution in [0.4, 0.5) is 0 Å². The summed E-state index contributed by atoms with van der Waals surface area (Å²) in [6.07, 6.45) is -4.25. The highest BCUT2D eigenvalue weighted by molar-refractivity contribution is 6.74. The molecular formula is C23H42O10Si2. The summed E-state index contributed by atoms with van der Waals surface area (Å²) >= 11 is 0. The fourth-order valence-electron chi connectivity index (χ4n) is 4.65. The highest BCUT2D eigenvalue weighted by atomic mass is 28.4. The minimum atomic E-state index is -2.86. The van der Waals surface area contributed by atoms with Crippen molar-refractivity contribution in [1.82, 2.24) is 0 Å². The summed E-state index contributed by atoms with van der Waals surface area (Å²) < 4.78 is 35.6. The van der Waals surface area contributed by atoms with Crippen molar-refractivity contribution in [2.75, 3.05) is 20.5 Å². The van der Waals surface area contributed by atoms with Crippen LogP contribution in [0.25, 0.3) is 0 Å². The molecule has 6 atom stereocenters. The highest BCUT2D eigenvalue weighted by Gasteiger charge is 2.89. The second-order valence-electron chi connectivity index (χ2n) is 12.9. The van der Waals surface area contributed by atoms with Gasteiger partial charge in [-0.25, -0.2) is 9.59 Å². The second-order valence-corrected chi connectivity index (χ2v) is 22.4. The van der Waals surface area contributed by atoms with Crippen molar-refractivity contribution in [3.05, 3.63) is 0 Å². The maximum atomic E-state index is 13.3. The molecule has 0 aromatic carbocycles. The van der Waals surface area contributed by atoms with E-state index in [1.54, 1.807) is 0 Å². The molecule has 1 saturated carbocycles. The van der Waals surface area contributed by atoms with E-state index in [-0.39, 0.29) is 16.7 Å². The molecule has 3 aliphatic rings. The van der Waals surface area contributed by atoms with Gasteiger partial charge in [0.25, 0.3) is 0 Å². The minimum absolute atomic E-state index is 0.252. The Morgan fingerprint density at radius 2 is 1.51 bits per heavy atom. The Morgan fingerprint density at radius 1 is 1.00 bits per heavy atom. The van der Waals surface area contributed by atoms with Crippen LogP contribution in [-0.4, -0.2) is 94.4 Å². The second kappa shape index (κ2) is 8.32. The number of esters is 2. The first kappa shape index (κ1) is 28.7. The van der Waals surface area contributed by atoms with E-state index in [0.717, 1.165) is 7.11 Å². The summed E-state index contributed by atoms with van der Waals surface area (Å²) in [7, 11) is -4.16. The minimum Gasteiger partial charge on any atom is -0.467 e. The van der Waals surface area contributed by atoms with Gasteiger partial charge in [-0.3, -0.25) is 0 Å². The number of ether oxygens (including phenoxy) is 4. The average Bonchev–Trinajstić information content (AvgIpc) is 3.24. The van der Waals surface area contributed by atoms with Crippen molar-refractivity contribution in [3.8, 4) is 0 Å². The molecule has 1 aliphatic carbocycles. The smallest absolute Gasteiger partial charge is 0.345 e. The first-order valence-corrected chi connectivity index (χ1v) is 17.8. The topological polar surface area (TPSA) is 130 Å². The van der Waals surface area contributed by atoms with Gasteiger partial charge in [-0.15, -0.1) is 0 Å². The van der Waals surface area contributed by atoms with Gasteiger partial charge in [0, 0.05) is 0 Å². The lowest BCUT2D eigenvalue weighted by atomic mass is 9.60. The Kier molecular flexibility index (Phi) is 6.82. The summed E-state index contributed by atoms with van der Waals surface area (Å²) in [4.78, 5) is 26.4. The third kappa shape index (κ3) is 3.70. The Morgan fingerprint density at radius 3 is 2.00 bits per heavy atom. The predicted molar refractivity (Wildman–Crippen MR) is 131 cm³/mol. The molecule has 3 fully saturated rings. The standard InChI is InChI=1S/C23H42O10Si2/c1-19(2,3)34(8,9)32-14-15(24)22(27,17(25)28-7)23-18(26)29-12-21(23,30-13-31-23)16(14)33-35(10,11)20(4,5)6/h14-16,24,27H,12-13H2,1-11H3/t14-,15+,16-,21+,22+,23+/m0/s1. The number of methoxy groups -OCH3 is 1. The van der Waals surface area contributed by atoms with Gasteiger partial charge in [-0.05, 0) is 36.3 Å². The number of hydrogen-bond donors (Lipinski definition) is 2. The molecule has 3 rings (SSSR count). The van der Waals surface area contributed by atoms with Gasteiger partial charge in [0.2, 0.25) is 11.2 Å². The number of cyclic esters (lactones) is 1. The van der Waals surface area contributed by atoms with Crippen molar-refractivity contribution in [1.29, 1.82) is 0 Å². The van der Waals surface area contributed by atoms with Gasteiger partial charge in [-0.2, -0.15) is 0 Å². The number of rotatable bonds is 5. The van der Waals surface area contributed by atoms with E-state index in [1.165, 1.54) is 0 Å². The van der Waals surface area contributed by atoms with Crippen LogP contribution in [0.5, 0.6) is 0 Å². The Bertz CT molecular complexity index is 879. The average molecular weight is 535 g/mol. The SMILES string of the molecule is COC(=O)[C@]1(O)[C@H](O)[C@H](O[Si](C)(C)C(C)(C)C)[C@H](O[Si](C)(C)C(C)(C)C)[C@]23COC(=O)[C@@]21OCO3. The van der Waals surface area contributed by atoms with Crippen LogP contribution in [0.3, 0.4) is 0 Å². The van der Waals surface area contributed by atoms with Gasteiger partial charge < -0.3 is 38.0 Å². The van der Waals surface area contributed by atoms with Crippen molar-refractivity contribution >= 4 is 28.6 Å². The molecule has 0 aromatic heterocycles. The summed E-state index contributed by atoms with van der Waals surface area (Å²) in [5.41, 5.74) is -6.98. The van der Waals surface area contributed by atoms with Crippen molar-refractivity contribution in [2.24, 2.45) is 0 Å². The summed E-state index contributed by atoms with van der Waals surface area (Å²) in [6.45, 7) is 19.5. The van der Waals surface area contributed by atoms with E-state index in [0.29, 0.717) is 0 Å². The molecule has 12 heteroatoms. The van der Waals surface area contributed by atoms with Gasteiger partial charge in [-0.1, -0.05) is 41.5 Å². The van der Waals surface area contributed by atoms with Crippen LogP contribution < -0.4 is 0 Å². The lowest BCUT2D eigenvalue weighted by Gasteiger charge is -2.58. The molecule has 35 heavy (non-hydrogen) atoms. The first-order valence-electron chi connectivity index (χ1n) is 12.0. The normalized spacial score (nSPS) is 38.1. The quantitative estimate of drug-likeness (QED) is 0.399. The largest absolute Gasteiger partial charge is 0.467 e. The van der Waals surface area contributed by atoms with Crippen molar-refractivity contribution < 1.29 is 47.6 Å². The maximum Gasteiger partial charge on any atom is 0.345 e. The number of carbonyl (C=O) groups is 2. The molecule has 0 aromatic rings. The van der Waals surface area contributed by atoms with E-state index < -0.39 is 70.5 Å². The summed E-state index contributed by atoms with van der Waals surface area (Å²) in [5.74, 6) is -2.26. The summed E-state index contributed by atoms with van der Waals surface area (Å²) in [6, 6.07) is 0. The Hall–Kier alpha value is -0.866. The van der Waals surface area contributed by atoms with Gasteiger partial charge in [0.1, 0.15) is 31.7 Å². The number of hydrogen-bond acceptors (Lipinski definition) is 10.